The largest absolute Gasteiger partial charge is 0.392 e. The number of nitrogens with one attached hydrogen (secondary N) is 2. The highest BCUT2D eigenvalue weighted by Crippen LogP contribution is 2.43. The smallest absolute Gasteiger partial charge is 0.224 e. The van der Waals surface area contributed by atoms with Gasteiger partial charge in [0.2, 0.25) is 11.8 Å². The molecule has 0 aromatic heterocycles. The number of hydrogen-bond donors (Lipinski definition) is 4. The van der Waals surface area contributed by atoms with E-state index in [1.807, 2.05) is 72.8 Å². The fourth-order valence-electron chi connectivity index (χ4n) is 6.54. The Balaban J connectivity index is 1.22. The van der Waals surface area contributed by atoms with Crippen LogP contribution in [0.1, 0.15) is 87.0 Å². The molecule has 9 nitrogen and oxygen atoms in total. The molecule has 10 heteroatoms. The Morgan fingerprint density at radius 3 is 2.23 bits per heavy atom. The lowest BCUT2D eigenvalue weighted by Gasteiger charge is -2.45. The number of aliphatic hydroxyl groups is 2. The lowest BCUT2D eigenvalue weighted by atomic mass is 9.84. The fraction of sp³-hybridized carbons (Fsp3) is 0.474. The molecule has 4 atom stereocenters. The van der Waals surface area contributed by atoms with Gasteiger partial charge in [0.25, 0.3) is 0 Å². The molecule has 2 heterocycles. The number of likely N-dealkylation sites (tertiary alicyclic amines) is 1. The lowest BCUT2D eigenvalue weighted by molar-refractivity contribution is -0.277. The third kappa shape index (κ3) is 9.65. The van der Waals surface area contributed by atoms with Crippen molar-refractivity contribution in [1.29, 1.82) is 0 Å². The van der Waals surface area contributed by atoms with Crippen molar-refractivity contribution in [2.75, 3.05) is 31.5 Å². The second-order valence-corrected chi connectivity index (χ2v) is 13.6. The number of nitrogens with zero attached hydrogens (tertiary/aromatic N) is 1. The molecule has 0 radical (unpaired) electrons. The molecule has 48 heavy (non-hydrogen) atoms. The first kappa shape index (κ1) is 36.0. The quantitative estimate of drug-likeness (QED) is 0.158. The summed E-state index contributed by atoms with van der Waals surface area (Å²) in [7, 11) is 0. The van der Waals surface area contributed by atoms with Crippen molar-refractivity contribution >= 4 is 29.1 Å². The van der Waals surface area contributed by atoms with Crippen LogP contribution in [-0.4, -0.2) is 59.2 Å². The van der Waals surface area contributed by atoms with E-state index in [2.05, 4.69) is 22.5 Å². The van der Waals surface area contributed by atoms with Crippen molar-refractivity contribution in [3.63, 3.8) is 0 Å². The second-order valence-electron chi connectivity index (χ2n) is 13.1. The number of benzene rings is 3. The molecule has 2 aliphatic rings. The highest BCUT2D eigenvalue weighted by Gasteiger charge is 2.41. The van der Waals surface area contributed by atoms with E-state index in [0.29, 0.717) is 43.1 Å². The van der Waals surface area contributed by atoms with Crippen LogP contribution in [0.5, 0.6) is 0 Å². The second kappa shape index (κ2) is 16.9. The molecule has 2 saturated heterocycles. The molecular weight excluding hydrogens is 630 g/mol. The van der Waals surface area contributed by atoms with E-state index in [-0.39, 0.29) is 36.5 Å². The summed E-state index contributed by atoms with van der Waals surface area (Å²) in [6.45, 7) is 6.42. The third-order valence-corrected chi connectivity index (χ3v) is 9.80. The molecule has 5 rings (SSSR count). The Morgan fingerprint density at radius 1 is 0.917 bits per heavy atom. The minimum atomic E-state index is -0.881. The zero-order chi connectivity index (χ0) is 34.1. The van der Waals surface area contributed by atoms with Crippen LogP contribution in [0.25, 0.3) is 0 Å². The van der Waals surface area contributed by atoms with Gasteiger partial charge in [0.15, 0.2) is 6.29 Å². The van der Waals surface area contributed by atoms with Crippen molar-refractivity contribution < 1.29 is 29.3 Å². The maximum absolute atomic E-state index is 12.5. The molecule has 0 saturated carbocycles. The Kier molecular flexibility index (Phi) is 12.7. The number of anilines is 1. The van der Waals surface area contributed by atoms with Crippen molar-refractivity contribution in [2.24, 2.45) is 5.92 Å². The Morgan fingerprint density at radius 2 is 1.58 bits per heavy atom. The summed E-state index contributed by atoms with van der Waals surface area (Å²) in [4.78, 5) is 25.9. The van der Waals surface area contributed by atoms with Crippen LogP contribution < -0.4 is 10.6 Å². The van der Waals surface area contributed by atoms with E-state index in [1.165, 1.54) is 6.92 Å². The zero-order valence-electron chi connectivity index (χ0n) is 27.9. The van der Waals surface area contributed by atoms with Gasteiger partial charge in [-0.2, -0.15) is 0 Å². The molecule has 3 aromatic rings. The number of rotatable bonds is 13. The van der Waals surface area contributed by atoms with Crippen molar-refractivity contribution in [3.05, 3.63) is 100 Å². The van der Waals surface area contributed by atoms with Crippen molar-refractivity contribution in [1.82, 2.24) is 10.2 Å². The van der Waals surface area contributed by atoms with Crippen LogP contribution in [0.15, 0.2) is 72.8 Å². The number of aliphatic hydroxyl groups excluding tert-OH is 1. The van der Waals surface area contributed by atoms with Gasteiger partial charge in [-0.25, -0.2) is 0 Å². The molecule has 3 aromatic carbocycles. The highest BCUT2D eigenvalue weighted by molar-refractivity contribution is 6.30. The molecule has 4 N–H and O–H groups in total. The van der Waals surface area contributed by atoms with Crippen LogP contribution in [0, 0.1) is 5.92 Å². The number of hydrogen-bond acceptors (Lipinski definition) is 7. The summed E-state index contributed by atoms with van der Waals surface area (Å²) in [6, 6.07) is 23.0. The van der Waals surface area contributed by atoms with Gasteiger partial charge in [0.1, 0.15) is 0 Å². The SMILES string of the molecule is CC(=O)NCCCCCC(=O)Nc1ccc(C2OC(CN3CCC(O)(c4ccc(Cl)cc4)CC3)C(C)C(c3ccc(CO)cc3)O2)cc1. The van der Waals surface area contributed by atoms with Crippen LogP contribution in [0.2, 0.25) is 5.02 Å². The average molecular weight is 678 g/mol. The topological polar surface area (TPSA) is 120 Å². The number of amides is 2. The van der Waals surface area contributed by atoms with Gasteiger partial charge in [-0.05, 0) is 66.6 Å². The van der Waals surface area contributed by atoms with Crippen LogP contribution in [0.3, 0.4) is 0 Å². The third-order valence-electron chi connectivity index (χ3n) is 9.55. The van der Waals surface area contributed by atoms with Crippen LogP contribution >= 0.6 is 11.6 Å². The summed E-state index contributed by atoms with van der Waals surface area (Å²) in [5.74, 6) is -0.0452. The molecule has 2 fully saturated rings. The first-order valence-corrected chi connectivity index (χ1v) is 17.4. The van der Waals surface area contributed by atoms with E-state index in [9.17, 15) is 19.8 Å². The first-order valence-electron chi connectivity index (χ1n) is 17.0. The van der Waals surface area contributed by atoms with E-state index < -0.39 is 11.9 Å². The van der Waals surface area contributed by atoms with Gasteiger partial charge in [-0.15, -0.1) is 0 Å². The summed E-state index contributed by atoms with van der Waals surface area (Å²) in [5.41, 5.74) is 3.45. The molecule has 2 amide bonds. The van der Waals surface area contributed by atoms with Gasteiger partial charge in [0, 0.05) is 61.7 Å². The van der Waals surface area contributed by atoms with Gasteiger partial charge in [0.05, 0.1) is 24.4 Å². The summed E-state index contributed by atoms with van der Waals surface area (Å²) in [5, 5.41) is 27.4. The van der Waals surface area contributed by atoms with E-state index in [0.717, 1.165) is 54.6 Å². The Bertz CT molecular complexity index is 1480. The molecule has 0 spiro atoms. The van der Waals surface area contributed by atoms with Crippen molar-refractivity contribution in [3.8, 4) is 0 Å². The average Bonchev–Trinajstić information content (AvgIpc) is 3.09. The van der Waals surface area contributed by atoms with E-state index in [4.69, 9.17) is 21.1 Å². The fourth-order valence-corrected chi connectivity index (χ4v) is 6.66. The molecule has 0 bridgehead atoms. The number of piperidine rings is 1. The predicted molar refractivity (Wildman–Crippen MR) is 186 cm³/mol. The number of halogens is 1. The van der Waals surface area contributed by atoms with Crippen molar-refractivity contribution in [2.45, 2.75) is 83.1 Å². The summed E-state index contributed by atoms with van der Waals surface area (Å²) in [6.07, 6.45) is 3.13. The van der Waals surface area contributed by atoms with Gasteiger partial charge < -0.3 is 35.2 Å². The summed E-state index contributed by atoms with van der Waals surface area (Å²) >= 11 is 6.08. The minimum absolute atomic E-state index is 0.0193. The standard InChI is InChI=1S/C38H48ClN3O6/c1-26-34(24-42-22-19-38(46,20-23-42)31-13-15-32(39)16-14-31)47-37(48-36(26)29-9-7-28(25-43)8-10-29)30-11-17-33(18-12-30)41-35(45)6-4-3-5-21-40-27(2)44/h7-18,26,34,36-37,43,46H,3-6,19-25H2,1-2H3,(H,40,44)(H,41,45). The Hall–Kier alpha value is -3.31. The molecule has 2 aliphatic heterocycles. The predicted octanol–water partition coefficient (Wildman–Crippen LogP) is 6.24. The number of ether oxygens (including phenoxy) is 2. The molecular formula is C38H48ClN3O6. The zero-order valence-corrected chi connectivity index (χ0v) is 28.6. The Labute approximate surface area is 288 Å². The van der Waals surface area contributed by atoms with Gasteiger partial charge in [-0.1, -0.05) is 73.5 Å². The van der Waals surface area contributed by atoms with E-state index >= 15 is 0 Å². The van der Waals surface area contributed by atoms with Gasteiger partial charge >= 0.3 is 0 Å². The van der Waals surface area contributed by atoms with Gasteiger partial charge in [-0.3, -0.25) is 9.59 Å². The molecule has 0 aliphatic carbocycles. The minimum Gasteiger partial charge on any atom is -0.392 e. The lowest BCUT2D eigenvalue weighted by Crippen LogP contribution is -2.49. The van der Waals surface area contributed by atoms with E-state index in [1.54, 1.807) is 0 Å². The first-order chi connectivity index (χ1) is 23.1. The normalized spacial score (nSPS) is 22.6. The highest BCUT2D eigenvalue weighted by atomic mass is 35.5. The number of carbonyl (C=O) groups excluding carboxylic acids is 2. The maximum atomic E-state index is 12.5. The maximum Gasteiger partial charge on any atom is 0.224 e. The van der Waals surface area contributed by atoms with Crippen LogP contribution in [0.4, 0.5) is 5.69 Å². The number of unbranched alkanes of at least 4 members (excludes halogenated alkanes) is 2. The molecule has 258 valence electrons. The number of carbonyl (C=O) groups is 2. The summed E-state index contributed by atoms with van der Waals surface area (Å²) < 4.78 is 13.3. The monoisotopic (exact) mass is 677 g/mol. The van der Waals surface area contributed by atoms with Crippen LogP contribution in [-0.2, 0) is 31.3 Å². The molecule has 4 unspecified atom stereocenters.